The van der Waals surface area contributed by atoms with Crippen molar-refractivity contribution in [2.45, 2.75) is 374 Å². The number of rotatable bonds is 61. The van der Waals surface area contributed by atoms with E-state index in [1.165, 1.54) is 263 Å². The molecule has 0 aromatic rings. The lowest BCUT2D eigenvalue weighted by atomic mass is 10.0. The van der Waals surface area contributed by atoms with Crippen molar-refractivity contribution in [1.29, 1.82) is 0 Å². The Morgan fingerprint density at radius 1 is 0.260 bits per heavy atom. The summed E-state index contributed by atoms with van der Waals surface area (Å²) < 4.78 is 16.8. The van der Waals surface area contributed by atoms with E-state index in [-0.39, 0.29) is 31.1 Å². The zero-order valence-corrected chi connectivity index (χ0v) is 49.4. The van der Waals surface area contributed by atoms with Crippen molar-refractivity contribution in [2.75, 3.05) is 13.2 Å². The van der Waals surface area contributed by atoms with Crippen molar-refractivity contribution < 1.29 is 28.6 Å². The van der Waals surface area contributed by atoms with Crippen LogP contribution in [-0.4, -0.2) is 37.2 Å². The van der Waals surface area contributed by atoms with Crippen LogP contribution in [0.1, 0.15) is 367 Å². The molecule has 0 spiro atoms. The van der Waals surface area contributed by atoms with E-state index in [4.69, 9.17) is 14.2 Å². The second kappa shape index (κ2) is 62.4. The Kier molecular flexibility index (Phi) is 60.6. The van der Waals surface area contributed by atoms with E-state index < -0.39 is 6.10 Å². The summed E-state index contributed by atoms with van der Waals surface area (Å²) in [6.07, 6.45) is 75.3. The highest BCUT2D eigenvalue weighted by Gasteiger charge is 2.19. The maximum Gasteiger partial charge on any atom is 0.306 e. The van der Waals surface area contributed by atoms with Crippen LogP contribution >= 0.6 is 0 Å². The highest BCUT2D eigenvalue weighted by molar-refractivity contribution is 5.71. The quantitative estimate of drug-likeness (QED) is 0.0261. The van der Waals surface area contributed by atoms with E-state index in [0.29, 0.717) is 19.3 Å². The predicted molar refractivity (Wildman–Crippen MR) is 316 cm³/mol. The molecule has 0 saturated carbocycles. The molecule has 0 bridgehead atoms. The first-order chi connectivity index (χ1) is 36.0. The molecule has 0 amide bonds. The molecule has 430 valence electrons. The molecule has 0 aliphatic carbocycles. The fraction of sp³-hybridized carbons (Fsp3) is 0.896. The molecular formula is C67H126O6. The Labute approximate surface area is 455 Å². The van der Waals surface area contributed by atoms with Gasteiger partial charge in [0.1, 0.15) is 13.2 Å². The lowest BCUT2D eigenvalue weighted by molar-refractivity contribution is -0.167. The summed E-state index contributed by atoms with van der Waals surface area (Å²) in [6, 6.07) is 0. The normalized spacial score (nSPS) is 12.1. The molecule has 0 aliphatic rings. The van der Waals surface area contributed by atoms with Gasteiger partial charge in [0.25, 0.3) is 0 Å². The van der Waals surface area contributed by atoms with Crippen molar-refractivity contribution in [3.63, 3.8) is 0 Å². The third-order valence-corrected chi connectivity index (χ3v) is 14.9. The monoisotopic (exact) mass is 1030 g/mol. The van der Waals surface area contributed by atoms with Gasteiger partial charge in [-0.3, -0.25) is 14.4 Å². The zero-order valence-electron chi connectivity index (χ0n) is 49.4. The first-order valence-electron chi connectivity index (χ1n) is 32.8. The van der Waals surface area contributed by atoms with Gasteiger partial charge in [-0.2, -0.15) is 0 Å². The van der Waals surface area contributed by atoms with Gasteiger partial charge in [-0.25, -0.2) is 0 Å². The fourth-order valence-electron chi connectivity index (χ4n) is 9.95. The van der Waals surface area contributed by atoms with E-state index in [2.05, 4.69) is 45.1 Å². The van der Waals surface area contributed by atoms with Crippen molar-refractivity contribution in [3.8, 4) is 0 Å². The molecule has 0 radical (unpaired) electrons. The second-order valence-corrected chi connectivity index (χ2v) is 22.4. The zero-order chi connectivity index (χ0) is 52.9. The SMILES string of the molecule is CCCC/C=C\CCCCCCCC(=O)OC(COC(=O)CCCCCCCCCCC)COC(=O)CCCCCCCCCCCCCCCCCCCCCCCCC/C=C\CCCCCCCCCC. The third kappa shape index (κ3) is 60.6. The molecule has 6 heteroatoms. The smallest absolute Gasteiger partial charge is 0.306 e. The molecule has 1 atom stereocenters. The van der Waals surface area contributed by atoms with E-state index >= 15 is 0 Å². The van der Waals surface area contributed by atoms with Crippen molar-refractivity contribution in [1.82, 2.24) is 0 Å². The summed E-state index contributed by atoms with van der Waals surface area (Å²) in [5.74, 6) is -0.862. The Bertz CT molecular complexity index is 1180. The molecular weight excluding hydrogens is 901 g/mol. The maximum absolute atomic E-state index is 12.8. The van der Waals surface area contributed by atoms with Crippen LogP contribution in [-0.2, 0) is 28.6 Å². The van der Waals surface area contributed by atoms with Gasteiger partial charge in [-0.15, -0.1) is 0 Å². The van der Waals surface area contributed by atoms with Gasteiger partial charge in [0, 0.05) is 19.3 Å². The molecule has 73 heavy (non-hydrogen) atoms. The molecule has 0 heterocycles. The molecule has 1 unspecified atom stereocenters. The van der Waals surface area contributed by atoms with Crippen molar-refractivity contribution >= 4 is 17.9 Å². The van der Waals surface area contributed by atoms with Crippen LogP contribution in [0.3, 0.4) is 0 Å². The first-order valence-corrected chi connectivity index (χ1v) is 32.8. The van der Waals surface area contributed by atoms with Crippen LogP contribution in [0, 0.1) is 0 Å². The topological polar surface area (TPSA) is 78.9 Å². The summed E-state index contributed by atoms with van der Waals surface area (Å²) in [4.78, 5) is 38.0. The first kappa shape index (κ1) is 70.9. The van der Waals surface area contributed by atoms with Gasteiger partial charge in [0.15, 0.2) is 6.10 Å². The van der Waals surface area contributed by atoms with Gasteiger partial charge in [0.2, 0.25) is 0 Å². The van der Waals surface area contributed by atoms with E-state index in [9.17, 15) is 14.4 Å². The average Bonchev–Trinajstić information content (AvgIpc) is 3.39. The van der Waals surface area contributed by atoms with Gasteiger partial charge in [0.05, 0.1) is 0 Å². The molecule has 0 aromatic heterocycles. The molecule has 0 aromatic carbocycles. The van der Waals surface area contributed by atoms with Gasteiger partial charge in [-0.05, 0) is 64.2 Å². The second-order valence-electron chi connectivity index (χ2n) is 22.4. The highest BCUT2D eigenvalue weighted by atomic mass is 16.6. The van der Waals surface area contributed by atoms with Crippen molar-refractivity contribution in [3.05, 3.63) is 24.3 Å². The number of allylic oxidation sites excluding steroid dienone is 4. The summed E-state index contributed by atoms with van der Waals surface area (Å²) in [5.41, 5.74) is 0. The summed E-state index contributed by atoms with van der Waals surface area (Å²) >= 11 is 0. The lowest BCUT2D eigenvalue weighted by Crippen LogP contribution is -2.30. The predicted octanol–water partition coefficient (Wildman–Crippen LogP) is 22.2. The lowest BCUT2D eigenvalue weighted by Gasteiger charge is -2.18. The Morgan fingerprint density at radius 2 is 0.466 bits per heavy atom. The van der Waals surface area contributed by atoms with Crippen molar-refractivity contribution in [2.24, 2.45) is 0 Å². The van der Waals surface area contributed by atoms with Gasteiger partial charge >= 0.3 is 17.9 Å². The van der Waals surface area contributed by atoms with Crippen LogP contribution in [0.5, 0.6) is 0 Å². The minimum absolute atomic E-state index is 0.0693. The van der Waals surface area contributed by atoms with Crippen LogP contribution in [0.4, 0.5) is 0 Å². The highest BCUT2D eigenvalue weighted by Crippen LogP contribution is 2.18. The largest absolute Gasteiger partial charge is 0.462 e. The van der Waals surface area contributed by atoms with E-state index in [0.717, 1.165) is 64.2 Å². The molecule has 6 nitrogen and oxygen atoms in total. The van der Waals surface area contributed by atoms with E-state index in [1.54, 1.807) is 0 Å². The summed E-state index contributed by atoms with van der Waals surface area (Å²) in [7, 11) is 0. The maximum atomic E-state index is 12.8. The third-order valence-electron chi connectivity index (χ3n) is 14.9. The molecule has 0 N–H and O–H groups in total. The van der Waals surface area contributed by atoms with Crippen LogP contribution in [0.25, 0.3) is 0 Å². The molecule has 0 saturated heterocycles. The standard InChI is InChI=1S/C67H126O6/c1-4-7-10-13-16-19-21-22-23-24-25-26-27-28-29-30-31-32-33-34-35-36-37-38-39-40-41-42-43-44-46-48-51-54-57-60-66(69)72-63-64(62-71-65(68)59-56-53-50-47-18-15-12-9-6-3)73-67(70)61-58-55-52-49-45-20-17-14-11-8-5-2/h14,17,24-25,64H,4-13,15-16,18-23,26-63H2,1-3H3/b17-14-,25-24-. The molecule has 0 aliphatic heterocycles. The Morgan fingerprint density at radius 3 is 0.726 bits per heavy atom. The minimum atomic E-state index is -0.769. The number of esters is 3. The number of hydrogen-bond donors (Lipinski definition) is 0. The fourth-order valence-corrected chi connectivity index (χ4v) is 9.95. The minimum Gasteiger partial charge on any atom is -0.462 e. The molecule has 0 rings (SSSR count). The Balaban J connectivity index is 3.89. The van der Waals surface area contributed by atoms with Gasteiger partial charge < -0.3 is 14.2 Å². The van der Waals surface area contributed by atoms with Crippen LogP contribution in [0.15, 0.2) is 24.3 Å². The Hall–Kier alpha value is -2.11. The van der Waals surface area contributed by atoms with Gasteiger partial charge in [-0.1, -0.05) is 308 Å². The number of hydrogen-bond acceptors (Lipinski definition) is 6. The number of carbonyl (C=O) groups excluding carboxylic acids is 3. The van der Waals surface area contributed by atoms with Crippen LogP contribution < -0.4 is 0 Å². The number of ether oxygens (including phenoxy) is 3. The summed E-state index contributed by atoms with van der Waals surface area (Å²) in [5, 5.41) is 0. The average molecular weight is 1030 g/mol. The molecule has 0 fully saturated rings. The van der Waals surface area contributed by atoms with Crippen LogP contribution in [0.2, 0.25) is 0 Å². The summed E-state index contributed by atoms with van der Waals surface area (Å²) in [6.45, 7) is 6.62. The number of unbranched alkanes of at least 4 members (excludes halogenated alkanes) is 46. The van der Waals surface area contributed by atoms with E-state index in [1.807, 2.05) is 0 Å². The number of carbonyl (C=O) groups is 3.